The maximum atomic E-state index is 13.1. The number of nitrogens with zero attached hydrogens (tertiary/aromatic N) is 2. The molecule has 1 heterocycles. The number of nitriles is 1. The second-order valence-electron chi connectivity index (χ2n) is 9.23. The van der Waals surface area contributed by atoms with Crippen LogP contribution in [0.4, 0.5) is 4.79 Å². The summed E-state index contributed by atoms with van der Waals surface area (Å²) in [5.41, 5.74) is -0.0134. The fraction of sp³-hybridized carbons (Fsp3) is 0.591. The van der Waals surface area contributed by atoms with Crippen molar-refractivity contribution in [3.63, 3.8) is 0 Å². The molecule has 0 radical (unpaired) electrons. The van der Waals surface area contributed by atoms with Crippen LogP contribution in [0.3, 0.4) is 0 Å². The molecule has 0 aromatic heterocycles. The lowest BCUT2D eigenvalue weighted by Crippen LogP contribution is -2.54. The van der Waals surface area contributed by atoms with Crippen LogP contribution in [0.15, 0.2) is 24.3 Å². The van der Waals surface area contributed by atoms with Crippen molar-refractivity contribution in [1.29, 1.82) is 5.26 Å². The Hall–Kier alpha value is -2.59. The molecule has 1 aliphatic carbocycles. The molecule has 156 valence electrons. The average Bonchev–Trinajstić information content (AvgIpc) is 2.83. The Balaban J connectivity index is 1.59. The van der Waals surface area contributed by atoms with Crippen molar-refractivity contribution in [2.75, 3.05) is 13.2 Å². The third-order valence-corrected chi connectivity index (χ3v) is 5.67. The molecular weight excluding hydrogens is 370 g/mol. The van der Waals surface area contributed by atoms with E-state index >= 15 is 0 Å². The first-order valence-electron chi connectivity index (χ1n) is 10.0. The summed E-state index contributed by atoms with van der Waals surface area (Å²) in [5.74, 6) is 0.643. The van der Waals surface area contributed by atoms with E-state index in [1.807, 2.05) is 0 Å². The molecule has 1 aromatic rings. The number of hydrogen-bond acceptors (Lipinski definition) is 5. The maximum Gasteiger partial charge on any atom is 0.325 e. The second-order valence-corrected chi connectivity index (χ2v) is 9.23. The van der Waals surface area contributed by atoms with Crippen LogP contribution in [0.5, 0.6) is 5.75 Å². The Bertz CT molecular complexity index is 814. The van der Waals surface area contributed by atoms with E-state index in [0.29, 0.717) is 30.9 Å². The lowest BCUT2D eigenvalue weighted by molar-refractivity contribution is -0.135. The Labute approximate surface area is 171 Å². The molecule has 1 aliphatic heterocycles. The van der Waals surface area contributed by atoms with Crippen LogP contribution in [0, 0.1) is 22.7 Å². The van der Waals surface area contributed by atoms with Crippen LogP contribution < -0.4 is 10.1 Å². The van der Waals surface area contributed by atoms with Crippen molar-refractivity contribution in [1.82, 2.24) is 10.2 Å². The van der Waals surface area contributed by atoms with E-state index in [4.69, 9.17) is 10.00 Å². The monoisotopic (exact) mass is 399 g/mol. The van der Waals surface area contributed by atoms with Gasteiger partial charge in [0.05, 0.1) is 19.0 Å². The summed E-state index contributed by atoms with van der Waals surface area (Å²) in [5, 5.41) is 22.0. The predicted octanol–water partition coefficient (Wildman–Crippen LogP) is 2.63. The summed E-state index contributed by atoms with van der Waals surface area (Å²) < 4.78 is 5.57. The van der Waals surface area contributed by atoms with Gasteiger partial charge in [-0.25, -0.2) is 4.79 Å². The van der Waals surface area contributed by atoms with Crippen molar-refractivity contribution in [2.24, 2.45) is 11.3 Å². The van der Waals surface area contributed by atoms with Gasteiger partial charge in [0, 0.05) is 0 Å². The molecule has 1 saturated carbocycles. The van der Waals surface area contributed by atoms with Gasteiger partial charge in [-0.3, -0.25) is 9.69 Å². The van der Waals surface area contributed by atoms with E-state index in [1.165, 1.54) is 0 Å². The summed E-state index contributed by atoms with van der Waals surface area (Å²) in [4.78, 5) is 26.7. The number of aliphatic hydroxyl groups excluding tert-OH is 1. The summed E-state index contributed by atoms with van der Waals surface area (Å²) >= 11 is 0. The number of hydrogen-bond donors (Lipinski definition) is 2. The number of carbonyl (C=O) groups excluding carboxylic acids is 2. The SMILES string of the molecule is C[C@@H]1CC(C)(C)C[C@]2(C1)NC(=O)N(C[C@H](O)COc1ccc(CC#N)cc1)C2=O. The Kier molecular flexibility index (Phi) is 5.85. The highest BCUT2D eigenvalue weighted by Gasteiger charge is 2.56. The predicted molar refractivity (Wildman–Crippen MR) is 107 cm³/mol. The first-order chi connectivity index (χ1) is 13.6. The lowest BCUT2D eigenvalue weighted by Gasteiger charge is -2.43. The van der Waals surface area contributed by atoms with E-state index < -0.39 is 17.7 Å². The molecule has 1 saturated heterocycles. The normalized spacial score (nSPS) is 26.9. The van der Waals surface area contributed by atoms with Gasteiger partial charge in [0.1, 0.15) is 24.0 Å². The van der Waals surface area contributed by atoms with E-state index in [2.05, 4.69) is 32.2 Å². The topological polar surface area (TPSA) is 103 Å². The fourth-order valence-electron chi connectivity index (χ4n) is 4.92. The highest BCUT2D eigenvalue weighted by molar-refractivity contribution is 6.07. The summed E-state index contributed by atoms with van der Waals surface area (Å²) in [6.07, 6.45) is 1.58. The molecule has 2 N–H and O–H groups in total. The number of rotatable bonds is 6. The molecule has 0 bridgehead atoms. The number of carbonyl (C=O) groups is 2. The largest absolute Gasteiger partial charge is 0.491 e. The number of benzene rings is 1. The van der Waals surface area contributed by atoms with E-state index in [1.54, 1.807) is 24.3 Å². The number of amides is 3. The lowest BCUT2D eigenvalue weighted by atomic mass is 9.64. The first kappa shape index (κ1) is 21.1. The number of imide groups is 1. The van der Waals surface area contributed by atoms with Crippen LogP contribution in [-0.2, 0) is 11.2 Å². The summed E-state index contributed by atoms with van der Waals surface area (Å²) in [6.45, 7) is 6.21. The summed E-state index contributed by atoms with van der Waals surface area (Å²) in [7, 11) is 0. The second kappa shape index (κ2) is 8.03. The molecule has 7 heteroatoms. The van der Waals surface area contributed by atoms with Crippen molar-refractivity contribution < 1.29 is 19.4 Å². The van der Waals surface area contributed by atoms with Gasteiger partial charge in [0.2, 0.25) is 0 Å². The van der Waals surface area contributed by atoms with Gasteiger partial charge < -0.3 is 15.2 Å². The molecule has 2 aliphatic rings. The van der Waals surface area contributed by atoms with Gasteiger partial charge in [0.15, 0.2) is 0 Å². The van der Waals surface area contributed by atoms with Crippen molar-refractivity contribution >= 4 is 11.9 Å². The molecule has 2 fully saturated rings. The maximum absolute atomic E-state index is 13.1. The zero-order valence-corrected chi connectivity index (χ0v) is 17.3. The van der Waals surface area contributed by atoms with Crippen molar-refractivity contribution in [2.45, 2.75) is 58.1 Å². The van der Waals surface area contributed by atoms with Crippen LogP contribution in [-0.4, -0.2) is 46.7 Å². The molecule has 0 unspecified atom stereocenters. The van der Waals surface area contributed by atoms with Crippen LogP contribution >= 0.6 is 0 Å². The van der Waals surface area contributed by atoms with E-state index in [-0.39, 0.29) is 24.5 Å². The molecule has 7 nitrogen and oxygen atoms in total. The third-order valence-electron chi connectivity index (χ3n) is 5.67. The molecule has 1 aromatic carbocycles. The Morgan fingerprint density at radius 3 is 2.62 bits per heavy atom. The molecule has 3 atom stereocenters. The quantitative estimate of drug-likeness (QED) is 0.716. The van der Waals surface area contributed by atoms with Crippen molar-refractivity contribution in [3.05, 3.63) is 29.8 Å². The number of aliphatic hydroxyl groups is 1. The molecule has 3 amide bonds. The zero-order chi connectivity index (χ0) is 21.2. The summed E-state index contributed by atoms with van der Waals surface area (Å²) in [6, 6.07) is 8.67. The third kappa shape index (κ3) is 4.70. The average molecular weight is 399 g/mol. The minimum absolute atomic E-state index is 0.0317. The number of β-amino-alcohol motifs (C(OH)–C–C–N with tert-alkyl or cyclic N) is 1. The Morgan fingerprint density at radius 1 is 1.31 bits per heavy atom. The van der Waals surface area contributed by atoms with Gasteiger partial charge >= 0.3 is 6.03 Å². The van der Waals surface area contributed by atoms with Crippen LogP contribution in [0.2, 0.25) is 0 Å². The van der Waals surface area contributed by atoms with Gasteiger partial charge in [-0.15, -0.1) is 0 Å². The number of ether oxygens (including phenoxy) is 1. The number of nitrogens with one attached hydrogen (secondary N) is 1. The first-order valence-corrected chi connectivity index (χ1v) is 10.0. The minimum atomic E-state index is -0.993. The van der Waals surface area contributed by atoms with E-state index in [0.717, 1.165) is 16.9 Å². The highest BCUT2D eigenvalue weighted by atomic mass is 16.5. The van der Waals surface area contributed by atoms with Gasteiger partial charge in [-0.2, -0.15) is 5.26 Å². The molecule has 29 heavy (non-hydrogen) atoms. The molecule has 1 spiro atoms. The zero-order valence-electron chi connectivity index (χ0n) is 17.3. The van der Waals surface area contributed by atoms with E-state index in [9.17, 15) is 14.7 Å². The number of urea groups is 1. The van der Waals surface area contributed by atoms with Gasteiger partial charge in [-0.05, 0) is 48.3 Å². The van der Waals surface area contributed by atoms with Gasteiger partial charge in [0.25, 0.3) is 5.91 Å². The minimum Gasteiger partial charge on any atom is -0.491 e. The van der Waals surface area contributed by atoms with Crippen molar-refractivity contribution in [3.8, 4) is 11.8 Å². The fourth-order valence-corrected chi connectivity index (χ4v) is 4.92. The van der Waals surface area contributed by atoms with Gasteiger partial charge in [-0.1, -0.05) is 32.9 Å². The van der Waals surface area contributed by atoms with Crippen LogP contribution in [0.1, 0.15) is 45.6 Å². The molecule has 3 rings (SSSR count). The Morgan fingerprint density at radius 2 is 2.00 bits per heavy atom. The smallest absolute Gasteiger partial charge is 0.325 e. The molecular formula is C22H29N3O4. The standard InChI is InChI=1S/C22H29N3O4/c1-15-10-21(2,3)14-22(11-15)19(27)25(20(28)24-22)12-17(26)13-29-18-6-4-16(5-7-18)8-9-23/h4-7,15,17,26H,8,10-14H2,1-3H3,(H,24,28)/t15-,17+,22+/m1/s1. The van der Waals surface area contributed by atoms with Crippen LogP contribution in [0.25, 0.3) is 0 Å². The highest BCUT2D eigenvalue weighted by Crippen LogP contribution is 2.46.